The van der Waals surface area contributed by atoms with Gasteiger partial charge in [-0.05, 0) is 132 Å². The van der Waals surface area contributed by atoms with Crippen LogP contribution in [0.1, 0.15) is 56.5 Å². The summed E-state index contributed by atoms with van der Waals surface area (Å²) in [4.78, 5) is 64.6. The minimum absolute atomic E-state index is 0.0258. The topological polar surface area (TPSA) is 191 Å². The van der Waals surface area contributed by atoms with Crippen LogP contribution in [0.15, 0.2) is 171 Å². The summed E-state index contributed by atoms with van der Waals surface area (Å²) >= 11 is 0. The predicted octanol–water partition coefficient (Wildman–Crippen LogP) is 9.05. The number of esters is 1. The smallest absolute Gasteiger partial charge is 0.309 e. The van der Waals surface area contributed by atoms with Crippen molar-refractivity contribution in [2.45, 2.75) is 24.7 Å². The van der Waals surface area contributed by atoms with E-state index < -0.39 is 0 Å². The first-order valence-corrected chi connectivity index (χ1v) is 20.7. The zero-order chi connectivity index (χ0) is 44.4. The Hall–Kier alpha value is -8.32. The van der Waals surface area contributed by atoms with Crippen LogP contribution in [0, 0.1) is 11.8 Å². The molecule has 10 rings (SSSR count). The number of carbonyl (C=O) groups is 4. The number of nitrogen functional groups attached to an aromatic ring is 1. The number of methoxy groups -OCH3 is 1. The fourth-order valence-corrected chi connectivity index (χ4v) is 7.37. The summed E-state index contributed by atoms with van der Waals surface area (Å²) in [6, 6.07) is 37.3. The molecule has 2 aliphatic carbocycles. The largest absolute Gasteiger partial charge is 0.469 e. The lowest BCUT2D eigenvalue weighted by Crippen LogP contribution is -2.14. The fourth-order valence-electron chi connectivity index (χ4n) is 7.37. The molecule has 0 aliphatic heterocycles. The van der Waals surface area contributed by atoms with Crippen LogP contribution in [0.4, 0.5) is 22.7 Å². The lowest BCUT2D eigenvalue weighted by atomic mass is 10.1. The highest BCUT2D eigenvalue weighted by atomic mass is 16.5. The van der Waals surface area contributed by atoms with Gasteiger partial charge in [0.15, 0.2) is 0 Å². The van der Waals surface area contributed by atoms with E-state index in [-0.39, 0.29) is 47.4 Å². The summed E-state index contributed by atoms with van der Waals surface area (Å²) in [7, 11) is 1.41. The van der Waals surface area contributed by atoms with Crippen molar-refractivity contribution < 1.29 is 23.9 Å². The third-order valence-electron chi connectivity index (χ3n) is 11.1. The third-order valence-corrected chi connectivity index (χ3v) is 11.1. The van der Waals surface area contributed by atoms with E-state index in [1.807, 2.05) is 79.0 Å². The molecule has 4 heterocycles. The van der Waals surface area contributed by atoms with E-state index in [0.717, 1.165) is 56.9 Å². The molecule has 4 aromatic heterocycles. The highest BCUT2D eigenvalue weighted by molar-refractivity contribution is 6.05. The molecule has 4 unspecified atom stereocenters. The summed E-state index contributed by atoms with van der Waals surface area (Å²) in [5.41, 5.74) is 11.9. The molecule has 3 amide bonds. The van der Waals surface area contributed by atoms with Gasteiger partial charge in [0.05, 0.1) is 13.0 Å². The Morgan fingerprint density at radius 3 is 1.50 bits per heavy atom. The van der Waals surface area contributed by atoms with E-state index in [9.17, 15) is 19.2 Å². The Kier molecular flexibility index (Phi) is 13.0. The SMILES string of the molecule is COC(=O)C1CC1c1ccc(C(=O)Nc2ccncc2)cc1.Nc1ccc2cnccc2c1.O=C(Nc1ccncc1)c1ccc(C2CC2C(=O)Nc2ccc3cnccc3c2)cc1. The fraction of sp³-hybridized carbons (Fsp3) is 0.137. The van der Waals surface area contributed by atoms with Gasteiger partial charge in [-0.15, -0.1) is 0 Å². The van der Waals surface area contributed by atoms with Crippen LogP contribution in [0.25, 0.3) is 21.5 Å². The monoisotopic (exact) mass is 848 g/mol. The molecule has 13 nitrogen and oxygen atoms in total. The van der Waals surface area contributed by atoms with Crippen molar-refractivity contribution in [3.05, 3.63) is 193 Å². The summed E-state index contributed by atoms with van der Waals surface area (Å²) < 4.78 is 4.75. The molecule has 4 atom stereocenters. The number of benzene rings is 4. The average molecular weight is 849 g/mol. The summed E-state index contributed by atoms with van der Waals surface area (Å²) in [5.74, 6) is -0.173. The van der Waals surface area contributed by atoms with Crippen molar-refractivity contribution in [3.63, 3.8) is 0 Å². The van der Waals surface area contributed by atoms with Crippen molar-refractivity contribution in [1.29, 1.82) is 0 Å². The van der Waals surface area contributed by atoms with Crippen LogP contribution in [0.3, 0.4) is 0 Å². The molecule has 64 heavy (non-hydrogen) atoms. The van der Waals surface area contributed by atoms with Crippen molar-refractivity contribution in [2.75, 3.05) is 28.8 Å². The van der Waals surface area contributed by atoms with Gasteiger partial charge >= 0.3 is 5.97 Å². The van der Waals surface area contributed by atoms with Crippen molar-refractivity contribution in [1.82, 2.24) is 19.9 Å². The van der Waals surface area contributed by atoms with Gasteiger partial charge in [-0.2, -0.15) is 0 Å². The normalized spacial score (nSPS) is 16.7. The maximum Gasteiger partial charge on any atom is 0.309 e. The Morgan fingerprint density at radius 2 is 0.969 bits per heavy atom. The number of nitrogens with zero attached hydrogens (tertiary/aromatic N) is 4. The van der Waals surface area contributed by atoms with Gasteiger partial charge in [0.1, 0.15) is 0 Å². The lowest BCUT2D eigenvalue weighted by Gasteiger charge is -2.07. The van der Waals surface area contributed by atoms with Gasteiger partial charge in [0, 0.05) is 100 Å². The minimum atomic E-state index is -0.172. The second-order valence-electron chi connectivity index (χ2n) is 15.5. The summed E-state index contributed by atoms with van der Waals surface area (Å²) in [6.45, 7) is 0. The minimum Gasteiger partial charge on any atom is -0.469 e. The first-order chi connectivity index (χ1) is 31.2. The number of anilines is 4. The number of pyridine rings is 4. The first-order valence-electron chi connectivity index (χ1n) is 20.7. The highest BCUT2D eigenvalue weighted by Gasteiger charge is 2.45. The molecule has 2 aliphatic rings. The van der Waals surface area contributed by atoms with Crippen LogP contribution < -0.4 is 21.7 Å². The molecule has 2 fully saturated rings. The zero-order valence-electron chi connectivity index (χ0n) is 34.8. The number of nitrogens with two attached hydrogens (primary N) is 1. The quantitative estimate of drug-likeness (QED) is 0.0805. The Labute approximate surface area is 369 Å². The Morgan fingerprint density at radius 1 is 0.500 bits per heavy atom. The predicted molar refractivity (Wildman–Crippen MR) is 248 cm³/mol. The molecule has 318 valence electrons. The van der Waals surface area contributed by atoms with Gasteiger partial charge in [-0.1, -0.05) is 36.4 Å². The van der Waals surface area contributed by atoms with Gasteiger partial charge in [-0.3, -0.25) is 39.1 Å². The molecule has 0 radical (unpaired) electrons. The number of fused-ring (bicyclic) bond motifs is 2. The van der Waals surface area contributed by atoms with Gasteiger partial charge in [0.2, 0.25) is 5.91 Å². The Balaban J connectivity index is 0.000000147. The number of rotatable bonds is 9. The number of hydrogen-bond donors (Lipinski definition) is 4. The van der Waals surface area contributed by atoms with E-state index in [0.29, 0.717) is 22.5 Å². The van der Waals surface area contributed by atoms with E-state index >= 15 is 0 Å². The van der Waals surface area contributed by atoms with E-state index in [2.05, 4.69) is 35.9 Å². The van der Waals surface area contributed by atoms with Crippen LogP contribution in [-0.2, 0) is 14.3 Å². The standard InChI is InChI=1S/C25H20N4O2.C17H16N2O3.C9H8N2/c30-24(28-20-8-11-26-12-9-20)17-3-1-16(2-4-17)22-14-23(22)25(31)29-21-6-5-19-15-27-10-7-18(19)13-21;1-22-17(21)15-10-14(15)11-2-4-12(5-3-11)16(20)19-13-6-8-18-9-7-13;10-9-2-1-8-6-11-4-3-7(8)5-9/h1-13,15,22-23H,14H2,(H,29,31)(H,26,28,30);2-9,14-15H,10H2,1H3,(H,18,19,20);1-6H,10H2. The number of ether oxygens (including phenoxy) is 1. The summed E-state index contributed by atoms with van der Waals surface area (Å²) in [5, 5.41) is 13.0. The molecular formula is C51H44N8O5. The maximum absolute atomic E-state index is 12.7. The Bertz CT molecular complexity index is 2920. The molecule has 5 N–H and O–H groups in total. The second kappa shape index (κ2) is 19.6. The molecule has 2 saturated carbocycles. The van der Waals surface area contributed by atoms with Crippen molar-refractivity contribution in [3.8, 4) is 0 Å². The van der Waals surface area contributed by atoms with Crippen LogP contribution in [0.2, 0.25) is 0 Å². The van der Waals surface area contributed by atoms with E-state index in [1.165, 1.54) is 7.11 Å². The number of aromatic nitrogens is 4. The summed E-state index contributed by atoms with van der Waals surface area (Å²) in [6.07, 6.45) is 15.3. The molecule has 13 heteroatoms. The molecule has 4 aromatic carbocycles. The molecule has 0 bridgehead atoms. The molecular weight excluding hydrogens is 805 g/mol. The number of amides is 3. The number of carbonyl (C=O) groups excluding carboxylic acids is 4. The molecule has 0 spiro atoms. The van der Waals surface area contributed by atoms with Crippen LogP contribution in [-0.4, -0.2) is 50.7 Å². The average Bonchev–Trinajstić information content (AvgIpc) is 4.28. The number of nitrogens with one attached hydrogen (secondary N) is 3. The second-order valence-corrected chi connectivity index (χ2v) is 15.5. The van der Waals surface area contributed by atoms with Crippen LogP contribution >= 0.6 is 0 Å². The van der Waals surface area contributed by atoms with Crippen molar-refractivity contribution in [2.24, 2.45) is 11.8 Å². The molecule has 0 saturated heterocycles. The van der Waals surface area contributed by atoms with Crippen LogP contribution in [0.5, 0.6) is 0 Å². The molecule has 8 aromatic rings. The lowest BCUT2D eigenvalue weighted by molar-refractivity contribution is -0.142. The third kappa shape index (κ3) is 10.8. The maximum atomic E-state index is 12.7. The van der Waals surface area contributed by atoms with Gasteiger partial charge in [0.25, 0.3) is 11.8 Å². The van der Waals surface area contributed by atoms with E-state index in [4.69, 9.17) is 10.5 Å². The highest BCUT2D eigenvalue weighted by Crippen LogP contribution is 2.49. The van der Waals surface area contributed by atoms with Gasteiger partial charge < -0.3 is 26.4 Å². The first kappa shape index (κ1) is 42.4. The van der Waals surface area contributed by atoms with Gasteiger partial charge in [-0.25, -0.2) is 0 Å². The van der Waals surface area contributed by atoms with E-state index in [1.54, 1.807) is 91.9 Å². The zero-order valence-corrected chi connectivity index (χ0v) is 34.8. The number of hydrogen-bond acceptors (Lipinski definition) is 10. The van der Waals surface area contributed by atoms with Crippen molar-refractivity contribution >= 4 is 68.0 Å².